The molecule has 0 nitrogen and oxygen atoms in total. The van der Waals surface area contributed by atoms with Crippen molar-refractivity contribution in [1.29, 1.82) is 0 Å². The molecular weight excluding hydrogens is 721 g/mol. The molecule has 0 N–H and O–H groups in total. The summed E-state index contributed by atoms with van der Waals surface area (Å²) in [4.78, 5) is 0. The number of hydrogen-bond acceptors (Lipinski definition) is 0. The van der Waals surface area contributed by atoms with E-state index in [9.17, 15) is 0 Å². The molecule has 12 rings (SSSR count). The van der Waals surface area contributed by atoms with Gasteiger partial charge in [0.2, 0.25) is 0 Å². The highest BCUT2D eigenvalue weighted by Gasteiger charge is 2.37. The van der Waals surface area contributed by atoms with E-state index in [1.165, 1.54) is 132 Å². The van der Waals surface area contributed by atoms with Crippen LogP contribution < -0.4 is 0 Å². The topological polar surface area (TPSA) is 0 Å². The zero-order valence-electron chi connectivity index (χ0n) is 34.5. The molecule has 2 aliphatic rings. The Kier molecular flexibility index (Phi) is 7.72. The second-order valence-corrected chi connectivity index (χ2v) is 17.4. The third-order valence-corrected chi connectivity index (χ3v) is 13.5. The van der Waals surface area contributed by atoms with Crippen LogP contribution in [0.2, 0.25) is 0 Å². The normalized spacial score (nSPS) is 12.3. The summed E-state index contributed by atoms with van der Waals surface area (Å²) >= 11 is 0. The molecule has 0 heterocycles. The van der Waals surface area contributed by atoms with Crippen molar-refractivity contribution in [1.82, 2.24) is 0 Å². The SMILES string of the molecule is CC(C)c1ccc(C(C)C)c2c1-c1ccc3c4c(ccc-2c14)-c1c-3c(-c2ccccc2-c2ccccc2)c2cc3ccccc3cc2c1-c1ccccc1-c1ccccc1. The average molecular weight is 765 g/mol. The Labute approximate surface area is 352 Å². The van der Waals surface area contributed by atoms with Gasteiger partial charge in [-0.1, -0.05) is 198 Å². The molecule has 0 atom stereocenters. The quantitative estimate of drug-likeness (QED) is 0.148. The lowest BCUT2D eigenvalue weighted by molar-refractivity contribution is 0.850. The lowest BCUT2D eigenvalue weighted by atomic mass is 9.79. The van der Waals surface area contributed by atoms with Gasteiger partial charge < -0.3 is 0 Å². The molecule has 0 heteroatoms. The predicted molar refractivity (Wildman–Crippen MR) is 258 cm³/mol. The van der Waals surface area contributed by atoms with Gasteiger partial charge in [-0.3, -0.25) is 0 Å². The molecule has 0 aliphatic heterocycles. The minimum atomic E-state index is 0.410. The molecule has 0 radical (unpaired) electrons. The van der Waals surface area contributed by atoms with E-state index in [-0.39, 0.29) is 0 Å². The molecule has 0 saturated carbocycles. The maximum atomic E-state index is 2.48. The van der Waals surface area contributed by atoms with E-state index in [4.69, 9.17) is 0 Å². The Hall–Kier alpha value is -7.02. The minimum Gasteiger partial charge on any atom is -0.0622 e. The Morgan fingerprint density at radius 1 is 0.267 bits per heavy atom. The molecule has 60 heavy (non-hydrogen) atoms. The van der Waals surface area contributed by atoms with Crippen LogP contribution in [0.15, 0.2) is 182 Å². The summed E-state index contributed by atoms with van der Waals surface area (Å²) in [5.41, 5.74) is 23.9. The van der Waals surface area contributed by atoms with Gasteiger partial charge in [0.15, 0.2) is 0 Å². The van der Waals surface area contributed by atoms with Crippen LogP contribution in [0.3, 0.4) is 0 Å². The Bertz CT molecular complexity index is 3180. The van der Waals surface area contributed by atoms with Gasteiger partial charge in [-0.05, 0) is 156 Å². The third kappa shape index (κ3) is 4.91. The fourth-order valence-electron chi connectivity index (χ4n) is 10.9. The predicted octanol–water partition coefficient (Wildman–Crippen LogP) is 17.4. The van der Waals surface area contributed by atoms with Crippen molar-refractivity contribution in [3.05, 3.63) is 193 Å². The molecule has 0 fully saturated rings. The van der Waals surface area contributed by atoms with Gasteiger partial charge in [-0.2, -0.15) is 0 Å². The molecule has 0 amide bonds. The van der Waals surface area contributed by atoms with Crippen LogP contribution >= 0.6 is 0 Å². The van der Waals surface area contributed by atoms with Crippen LogP contribution in [0.4, 0.5) is 0 Å². The van der Waals surface area contributed by atoms with Gasteiger partial charge >= 0.3 is 0 Å². The fraction of sp³-hybridized carbons (Fsp3) is 0.100. The maximum absolute atomic E-state index is 2.48. The lowest BCUT2D eigenvalue weighted by Crippen LogP contribution is -1.98. The largest absolute Gasteiger partial charge is 0.0622 e. The summed E-state index contributed by atoms with van der Waals surface area (Å²) in [6.07, 6.45) is 0. The molecule has 10 aromatic rings. The molecule has 0 spiro atoms. The van der Waals surface area contributed by atoms with Crippen molar-refractivity contribution in [2.75, 3.05) is 0 Å². The molecule has 10 aromatic carbocycles. The van der Waals surface area contributed by atoms with Crippen molar-refractivity contribution in [2.24, 2.45) is 0 Å². The Morgan fingerprint density at radius 3 is 0.983 bits per heavy atom. The molecule has 2 aliphatic carbocycles. The number of rotatable bonds is 6. The minimum absolute atomic E-state index is 0.410. The van der Waals surface area contributed by atoms with Gasteiger partial charge in [-0.15, -0.1) is 0 Å². The first-order valence-electron chi connectivity index (χ1n) is 21.6. The summed E-state index contributed by atoms with van der Waals surface area (Å²) in [6, 6.07) is 68.7. The van der Waals surface area contributed by atoms with E-state index >= 15 is 0 Å². The van der Waals surface area contributed by atoms with Crippen molar-refractivity contribution in [3.63, 3.8) is 0 Å². The van der Waals surface area contributed by atoms with Gasteiger partial charge in [0.25, 0.3) is 0 Å². The second-order valence-electron chi connectivity index (χ2n) is 17.4. The molecular formula is C60H44. The van der Waals surface area contributed by atoms with E-state index in [0.29, 0.717) is 11.8 Å². The second kappa shape index (κ2) is 13.2. The van der Waals surface area contributed by atoms with Crippen LogP contribution in [0.1, 0.15) is 50.7 Å². The first kappa shape index (κ1) is 35.0. The lowest BCUT2D eigenvalue weighted by Gasteiger charge is -2.24. The van der Waals surface area contributed by atoms with Crippen LogP contribution in [0, 0.1) is 0 Å². The van der Waals surface area contributed by atoms with Crippen LogP contribution in [-0.4, -0.2) is 0 Å². The van der Waals surface area contributed by atoms with Gasteiger partial charge in [0.05, 0.1) is 0 Å². The first-order valence-corrected chi connectivity index (χ1v) is 21.6. The average Bonchev–Trinajstić information content (AvgIpc) is 3.80. The summed E-state index contributed by atoms with van der Waals surface area (Å²) in [5, 5.41) is 7.85. The van der Waals surface area contributed by atoms with Crippen molar-refractivity contribution < 1.29 is 0 Å². The Morgan fingerprint density at radius 2 is 0.600 bits per heavy atom. The maximum Gasteiger partial charge on any atom is -0.000718 e. The number of fused-ring (bicyclic) bond motifs is 8. The standard InChI is InChI=1S/C60H44/c1-35(2)41-27-28-42(36(3)4)54-48-30-32-50-58-49(31-29-47(53(41)54)57(48)58)59-55(45-25-15-13-23-43(45)37-17-7-5-8-18-37)51-33-39-21-11-12-22-40(39)34-52(51)56(60(50)59)46-26-16-14-24-44(46)38-19-9-6-10-20-38/h5-36H,1-4H3. The summed E-state index contributed by atoms with van der Waals surface area (Å²) < 4.78 is 0. The van der Waals surface area contributed by atoms with E-state index in [2.05, 4.69) is 210 Å². The third-order valence-electron chi connectivity index (χ3n) is 13.5. The van der Waals surface area contributed by atoms with E-state index in [0.717, 1.165) is 0 Å². The van der Waals surface area contributed by atoms with Gasteiger partial charge in [0, 0.05) is 0 Å². The smallest absolute Gasteiger partial charge is 0.000718 e. The fourth-order valence-corrected chi connectivity index (χ4v) is 10.9. The summed E-state index contributed by atoms with van der Waals surface area (Å²) in [6.45, 7) is 9.39. The van der Waals surface area contributed by atoms with Crippen LogP contribution in [0.5, 0.6) is 0 Å². The molecule has 0 bridgehead atoms. The Balaban J connectivity index is 1.30. The number of benzene rings is 10. The zero-order chi connectivity index (χ0) is 40.2. The first-order chi connectivity index (χ1) is 29.5. The van der Waals surface area contributed by atoms with Crippen LogP contribution in [-0.2, 0) is 0 Å². The van der Waals surface area contributed by atoms with Crippen molar-refractivity contribution >= 4 is 32.3 Å². The van der Waals surface area contributed by atoms with E-state index in [1.54, 1.807) is 0 Å². The monoisotopic (exact) mass is 764 g/mol. The van der Waals surface area contributed by atoms with Crippen LogP contribution in [0.25, 0.3) is 121 Å². The highest BCUT2D eigenvalue weighted by atomic mass is 14.4. The zero-order valence-corrected chi connectivity index (χ0v) is 34.5. The van der Waals surface area contributed by atoms with Crippen molar-refractivity contribution in [3.8, 4) is 89.0 Å². The molecule has 284 valence electrons. The summed E-state index contributed by atoms with van der Waals surface area (Å²) in [7, 11) is 0. The van der Waals surface area contributed by atoms with Gasteiger partial charge in [0.1, 0.15) is 0 Å². The summed E-state index contributed by atoms with van der Waals surface area (Å²) in [5.74, 6) is 0.819. The molecule has 0 unspecified atom stereocenters. The highest BCUT2D eigenvalue weighted by molar-refractivity contribution is 6.33. The van der Waals surface area contributed by atoms with E-state index in [1.807, 2.05) is 0 Å². The molecule has 0 aromatic heterocycles. The number of hydrogen-bond donors (Lipinski definition) is 0. The van der Waals surface area contributed by atoms with Gasteiger partial charge in [-0.25, -0.2) is 0 Å². The molecule has 0 saturated heterocycles. The van der Waals surface area contributed by atoms with Crippen molar-refractivity contribution in [2.45, 2.75) is 39.5 Å². The van der Waals surface area contributed by atoms with E-state index < -0.39 is 0 Å². The highest BCUT2D eigenvalue weighted by Crippen LogP contribution is 2.63.